The first-order valence-electron chi connectivity index (χ1n) is 11.9. The molecule has 4 fully saturated rings. The van der Waals surface area contributed by atoms with Gasteiger partial charge in [0.2, 0.25) is 0 Å². The number of para-hydroxylation sites is 2. The van der Waals surface area contributed by atoms with Gasteiger partial charge in [-0.15, -0.1) is 11.3 Å². The summed E-state index contributed by atoms with van der Waals surface area (Å²) in [6.45, 7) is 2.41. The summed E-state index contributed by atoms with van der Waals surface area (Å²) in [5, 5.41) is 2.16. The Kier molecular flexibility index (Phi) is 3.82. The van der Waals surface area contributed by atoms with Gasteiger partial charge in [0, 0.05) is 29.0 Å². The van der Waals surface area contributed by atoms with E-state index in [0.29, 0.717) is 18.7 Å². The molecule has 0 saturated heterocycles. The third-order valence-electron chi connectivity index (χ3n) is 8.99. The lowest BCUT2D eigenvalue weighted by molar-refractivity contribution is -0.233. The van der Waals surface area contributed by atoms with Gasteiger partial charge in [0.25, 0.3) is 0 Å². The van der Waals surface area contributed by atoms with E-state index in [1.165, 1.54) is 4.70 Å². The standard InChI is InChI=1S/C28H26N2O2S/c1-18(31)26-15-28(16-26,17-26)27(10-11-27)13-22(32)20-6-4-5-19-9-12-30(25(19)20)14-24-29-21-7-2-3-8-23(21)33-24/h2-9,12H,10-11,13-17H2,1H3. The van der Waals surface area contributed by atoms with Gasteiger partial charge in [0.05, 0.1) is 22.3 Å². The lowest BCUT2D eigenvalue weighted by Gasteiger charge is -2.73. The minimum absolute atomic E-state index is 0.0371. The Labute approximate surface area is 196 Å². The van der Waals surface area contributed by atoms with Crippen LogP contribution in [0.5, 0.6) is 0 Å². The highest BCUT2D eigenvalue weighted by Crippen LogP contribution is 2.85. The van der Waals surface area contributed by atoms with E-state index in [-0.39, 0.29) is 22.0 Å². The Morgan fingerprint density at radius 2 is 1.82 bits per heavy atom. The molecule has 0 aliphatic heterocycles. The number of fused-ring (bicyclic) bond motifs is 2. The zero-order valence-corrected chi connectivity index (χ0v) is 19.6. The molecule has 2 aromatic heterocycles. The van der Waals surface area contributed by atoms with Crippen molar-refractivity contribution in [2.24, 2.45) is 16.2 Å². The number of aromatic nitrogens is 2. The Bertz CT molecular complexity index is 1420. The van der Waals surface area contributed by atoms with Crippen LogP contribution in [-0.2, 0) is 11.3 Å². The van der Waals surface area contributed by atoms with Crippen molar-refractivity contribution >= 4 is 44.0 Å². The van der Waals surface area contributed by atoms with Gasteiger partial charge in [-0.2, -0.15) is 0 Å². The summed E-state index contributed by atoms with van der Waals surface area (Å²) in [4.78, 5) is 30.5. The molecule has 2 bridgehead atoms. The third-order valence-corrected chi connectivity index (χ3v) is 10.0. The largest absolute Gasteiger partial charge is 0.340 e. The van der Waals surface area contributed by atoms with Crippen molar-refractivity contribution < 1.29 is 9.59 Å². The molecule has 166 valence electrons. The number of thiazole rings is 1. The number of ketones is 2. The van der Waals surface area contributed by atoms with Crippen molar-refractivity contribution in [3.8, 4) is 0 Å². The molecule has 4 aromatic rings. The summed E-state index contributed by atoms with van der Waals surface area (Å²) in [6, 6.07) is 16.4. The fourth-order valence-electron chi connectivity index (χ4n) is 6.92. The zero-order valence-electron chi connectivity index (χ0n) is 18.8. The van der Waals surface area contributed by atoms with E-state index in [1.807, 2.05) is 30.3 Å². The van der Waals surface area contributed by atoms with Crippen LogP contribution in [0.1, 0.15) is 60.8 Å². The van der Waals surface area contributed by atoms with Crippen LogP contribution in [0.3, 0.4) is 0 Å². The molecule has 4 aliphatic rings. The van der Waals surface area contributed by atoms with Gasteiger partial charge in [-0.1, -0.05) is 24.3 Å². The predicted molar refractivity (Wildman–Crippen MR) is 131 cm³/mol. The van der Waals surface area contributed by atoms with Crippen molar-refractivity contribution in [1.82, 2.24) is 9.55 Å². The monoisotopic (exact) mass is 454 g/mol. The average Bonchev–Trinajstić information content (AvgIpc) is 3.19. The number of hydrogen-bond donors (Lipinski definition) is 0. The molecule has 2 heterocycles. The van der Waals surface area contributed by atoms with Crippen LogP contribution in [0.2, 0.25) is 0 Å². The Morgan fingerprint density at radius 3 is 2.55 bits per heavy atom. The molecule has 0 unspecified atom stereocenters. The Balaban J connectivity index is 1.18. The smallest absolute Gasteiger partial charge is 0.165 e. The number of carbonyl (C=O) groups is 2. The number of nitrogens with zero attached hydrogens (tertiary/aromatic N) is 2. The highest BCUT2D eigenvalue weighted by molar-refractivity contribution is 7.18. The zero-order chi connectivity index (χ0) is 22.4. The van der Waals surface area contributed by atoms with Crippen molar-refractivity contribution in [3.05, 3.63) is 65.3 Å². The van der Waals surface area contributed by atoms with E-state index in [2.05, 4.69) is 29.0 Å². The molecule has 5 heteroatoms. The van der Waals surface area contributed by atoms with Gasteiger partial charge in [-0.05, 0) is 74.1 Å². The van der Waals surface area contributed by atoms with Gasteiger partial charge in [-0.25, -0.2) is 4.98 Å². The molecule has 4 saturated carbocycles. The SMILES string of the molecule is CC(=O)C12CC(C3(CC(=O)c4cccc5ccn(Cc6nc7ccccc7s6)c45)CC3)(C1)C2. The molecular formula is C28H26N2O2S. The van der Waals surface area contributed by atoms with Crippen LogP contribution in [0.25, 0.3) is 21.1 Å². The summed E-state index contributed by atoms with van der Waals surface area (Å²) in [7, 11) is 0. The van der Waals surface area contributed by atoms with E-state index in [4.69, 9.17) is 4.98 Å². The van der Waals surface area contributed by atoms with Gasteiger partial charge in [-0.3, -0.25) is 9.59 Å². The highest BCUT2D eigenvalue weighted by Gasteiger charge is 2.79. The maximum Gasteiger partial charge on any atom is 0.165 e. The van der Waals surface area contributed by atoms with Crippen LogP contribution in [-0.4, -0.2) is 21.1 Å². The number of benzene rings is 2. The van der Waals surface area contributed by atoms with Crippen LogP contribution in [0, 0.1) is 16.2 Å². The van der Waals surface area contributed by atoms with E-state index >= 15 is 0 Å². The van der Waals surface area contributed by atoms with Gasteiger partial charge < -0.3 is 4.57 Å². The minimum Gasteiger partial charge on any atom is -0.340 e. The summed E-state index contributed by atoms with van der Waals surface area (Å²) >= 11 is 1.72. The first-order valence-corrected chi connectivity index (χ1v) is 12.7. The summed E-state index contributed by atoms with van der Waals surface area (Å²) in [5.41, 5.74) is 3.24. The second-order valence-electron chi connectivity index (χ2n) is 10.8. The molecule has 4 aliphatic carbocycles. The number of rotatable bonds is 7. The summed E-state index contributed by atoms with van der Waals surface area (Å²) in [5.74, 6) is 0.605. The minimum atomic E-state index is -0.0371. The molecular weight excluding hydrogens is 428 g/mol. The molecule has 0 atom stereocenters. The molecule has 4 nitrogen and oxygen atoms in total. The maximum atomic E-state index is 13.7. The first-order chi connectivity index (χ1) is 15.9. The van der Waals surface area contributed by atoms with E-state index in [9.17, 15) is 9.59 Å². The Morgan fingerprint density at radius 1 is 1.03 bits per heavy atom. The average molecular weight is 455 g/mol. The molecule has 8 rings (SSSR count). The van der Waals surface area contributed by atoms with Crippen LogP contribution in [0.15, 0.2) is 54.7 Å². The van der Waals surface area contributed by atoms with Crippen LogP contribution in [0.4, 0.5) is 0 Å². The molecule has 0 radical (unpaired) electrons. The number of Topliss-reactive ketones (excluding diaryl/α,β-unsaturated/α-hetero) is 2. The third kappa shape index (κ3) is 2.66. The number of hydrogen-bond acceptors (Lipinski definition) is 4. The quantitative estimate of drug-likeness (QED) is 0.303. The van der Waals surface area contributed by atoms with E-state index in [1.54, 1.807) is 18.3 Å². The number of carbonyl (C=O) groups excluding carboxylic acids is 2. The van der Waals surface area contributed by atoms with Crippen molar-refractivity contribution in [3.63, 3.8) is 0 Å². The van der Waals surface area contributed by atoms with Gasteiger partial charge in [0.1, 0.15) is 10.8 Å². The first kappa shape index (κ1) is 19.7. The predicted octanol–water partition coefficient (Wildman–Crippen LogP) is 6.41. The summed E-state index contributed by atoms with van der Waals surface area (Å²) < 4.78 is 3.38. The van der Waals surface area contributed by atoms with E-state index in [0.717, 1.165) is 59.1 Å². The fourth-order valence-corrected chi connectivity index (χ4v) is 7.89. The van der Waals surface area contributed by atoms with Crippen molar-refractivity contribution in [2.75, 3.05) is 0 Å². The van der Waals surface area contributed by atoms with Crippen molar-refractivity contribution in [2.45, 2.75) is 52.0 Å². The van der Waals surface area contributed by atoms with Gasteiger partial charge >= 0.3 is 0 Å². The molecule has 0 N–H and O–H groups in total. The lowest BCUT2D eigenvalue weighted by Crippen LogP contribution is -2.68. The van der Waals surface area contributed by atoms with Crippen LogP contribution >= 0.6 is 11.3 Å². The summed E-state index contributed by atoms with van der Waals surface area (Å²) in [6.07, 6.45) is 8.01. The fraction of sp³-hybridized carbons (Fsp3) is 0.393. The topological polar surface area (TPSA) is 52.0 Å². The van der Waals surface area contributed by atoms with E-state index < -0.39 is 0 Å². The second kappa shape index (κ2) is 6.41. The van der Waals surface area contributed by atoms with Crippen molar-refractivity contribution in [1.29, 1.82) is 0 Å². The maximum absolute atomic E-state index is 13.7. The molecule has 0 spiro atoms. The molecule has 33 heavy (non-hydrogen) atoms. The Hall–Kier alpha value is -2.79. The molecule has 2 aromatic carbocycles. The van der Waals surface area contributed by atoms with Gasteiger partial charge in [0.15, 0.2) is 5.78 Å². The highest BCUT2D eigenvalue weighted by atomic mass is 32.1. The molecule has 0 amide bonds. The lowest BCUT2D eigenvalue weighted by atomic mass is 9.30. The normalized spacial score (nSPS) is 26.7. The second-order valence-corrected chi connectivity index (χ2v) is 11.9. The van der Waals surface area contributed by atoms with Crippen LogP contribution < -0.4 is 0 Å².